The summed E-state index contributed by atoms with van der Waals surface area (Å²) in [6, 6.07) is 0.932. The number of amides is 1. The van der Waals surface area contributed by atoms with Crippen molar-refractivity contribution < 1.29 is 30.1 Å². The minimum Gasteiger partial charge on any atom is -0.357 e. The minimum atomic E-state index is -5.25. The van der Waals surface area contributed by atoms with E-state index in [1.165, 1.54) is 0 Å². The lowest BCUT2D eigenvalue weighted by molar-refractivity contribution is 0.0469. The molecule has 1 amide bonds. The van der Waals surface area contributed by atoms with Crippen LogP contribution in [0.3, 0.4) is 0 Å². The fraction of sp³-hybridized carbons (Fsp3) is 0.455. The zero-order chi connectivity index (χ0) is 15.6. The number of nitrogens with zero attached hydrogens (tertiary/aromatic N) is 2. The summed E-state index contributed by atoms with van der Waals surface area (Å²) in [6.45, 7) is -0.544. The van der Waals surface area contributed by atoms with Crippen LogP contribution in [0.4, 0.5) is 12.7 Å². The Morgan fingerprint density at radius 2 is 1.90 bits per heavy atom. The van der Waals surface area contributed by atoms with Gasteiger partial charge in [-0.15, -0.1) is 0 Å². The number of rotatable bonds is 3. The fourth-order valence-corrected chi connectivity index (χ4v) is 2.35. The predicted octanol–water partition coefficient (Wildman–Crippen LogP) is 1.20. The normalized spacial score (nSPS) is 22.9. The summed E-state index contributed by atoms with van der Waals surface area (Å²) < 4.78 is 63.6. The highest BCUT2D eigenvalue weighted by molar-refractivity contribution is 7.81. The van der Waals surface area contributed by atoms with Crippen molar-refractivity contribution in [2.75, 3.05) is 13.1 Å². The monoisotopic (exact) mass is 324 g/mol. The molecule has 6 nitrogen and oxygen atoms in total. The van der Waals surface area contributed by atoms with E-state index in [-0.39, 0.29) is 25.1 Å². The van der Waals surface area contributed by atoms with E-state index in [1.54, 1.807) is 0 Å². The third-order valence-corrected chi connectivity index (χ3v) is 3.18. The zero-order valence-corrected chi connectivity index (χ0v) is 11.4. The van der Waals surface area contributed by atoms with Gasteiger partial charge in [-0.1, -0.05) is 3.89 Å². The molecule has 116 valence electrons. The van der Waals surface area contributed by atoms with Gasteiger partial charge in [0.2, 0.25) is 0 Å². The molecule has 21 heavy (non-hydrogen) atoms. The van der Waals surface area contributed by atoms with Crippen LogP contribution in [0.25, 0.3) is 0 Å². The SMILES string of the molecule is O=C(c1cncc(OS(=O)(=O)F)c1)N1C[C@H](F)C[C@H](F)C1. The van der Waals surface area contributed by atoms with E-state index >= 15 is 0 Å². The third kappa shape index (κ3) is 4.31. The van der Waals surface area contributed by atoms with E-state index in [9.17, 15) is 25.9 Å². The van der Waals surface area contributed by atoms with Crippen LogP contribution in [-0.4, -0.2) is 49.6 Å². The predicted molar refractivity (Wildman–Crippen MR) is 65.2 cm³/mol. The molecule has 0 aliphatic carbocycles. The Morgan fingerprint density at radius 3 is 2.48 bits per heavy atom. The number of hydrogen-bond acceptors (Lipinski definition) is 5. The van der Waals surface area contributed by atoms with E-state index < -0.39 is 34.5 Å². The quantitative estimate of drug-likeness (QED) is 0.781. The van der Waals surface area contributed by atoms with Crippen molar-refractivity contribution in [2.24, 2.45) is 0 Å². The maximum atomic E-state index is 13.3. The number of piperidine rings is 1. The van der Waals surface area contributed by atoms with Crippen molar-refractivity contribution in [3.63, 3.8) is 0 Å². The summed E-state index contributed by atoms with van der Waals surface area (Å²) in [6.07, 6.45) is -1.27. The Hall–Kier alpha value is -1.84. The van der Waals surface area contributed by atoms with E-state index in [2.05, 4.69) is 9.17 Å². The molecule has 1 saturated heterocycles. The molecule has 1 aromatic rings. The van der Waals surface area contributed by atoms with E-state index in [0.717, 1.165) is 23.4 Å². The first kappa shape index (κ1) is 15.5. The minimum absolute atomic E-state index is 0.155. The molecular weight excluding hydrogens is 313 g/mol. The van der Waals surface area contributed by atoms with Crippen molar-refractivity contribution in [3.8, 4) is 5.75 Å². The standard InChI is InChI=1S/C11H11F3N2O4S/c12-8-2-9(13)6-16(5-8)11(17)7-1-10(4-15-3-7)20-21(14,18)19/h1,3-4,8-9H,2,5-6H2/t8-,9+. The largest absolute Gasteiger partial charge is 0.488 e. The second kappa shape index (κ2) is 5.88. The van der Waals surface area contributed by atoms with Crippen LogP contribution in [0.1, 0.15) is 16.8 Å². The maximum absolute atomic E-state index is 13.3. The van der Waals surface area contributed by atoms with Crippen LogP contribution >= 0.6 is 0 Å². The molecule has 0 saturated carbocycles. The van der Waals surface area contributed by atoms with E-state index in [4.69, 9.17) is 0 Å². The average Bonchev–Trinajstić information content (AvgIpc) is 2.35. The average molecular weight is 324 g/mol. The molecule has 0 unspecified atom stereocenters. The molecule has 1 fully saturated rings. The van der Waals surface area contributed by atoms with Crippen LogP contribution in [0.5, 0.6) is 5.75 Å². The molecule has 0 bridgehead atoms. The lowest BCUT2D eigenvalue weighted by Gasteiger charge is -2.31. The number of aromatic nitrogens is 1. The van der Waals surface area contributed by atoms with Gasteiger partial charge in [0.1, 0.15) is 12.3 Å². The summed E-state index contributed by atoms with van der Waals surface area (Å²) in [5.74, 6) is -1.25. The number of hydrogen-bond donors (Lipinski definition) is 0. The van der Waals surface area contributed by atoms with Crippen LogP contribution in [0.15, 0.2) is 18.5 Å². The Morgan fingerprint density at radius 1 is 1.29 bits per heavy atom. The first-order chi connectivity index (χ1) is 9.74. The molecule has 2 rings (SSSR count). The molecule has 0 aromatic carbocycles. The Labute approximate surface area is 118 Å². The van der Waals surface area contributed by atoms with Crippen molar-refractivity contribution in [3.05, 3.63) is 24.0 Å². The van der Waals surface area contributed by atoms with Crippen LogP contribution in [-0.2, 0) is 10.5 Å². The van der Waals surface area contributed by atoms with Gasteiger partial charge in [0.05, 0.1) is 24.8 Å². The van der Waals surface area contributed by atoms with Crippen molar-refractivity contribution in [1.29, 1.82) is 0 Å². The van der Waals surface area contributed by atoms with Gasteiger partial charge in [-0.25, -0.2) is 8.78 Å². The molecule has 1 aliphatic heterocycles. The van der Waals surface area contributed by atoms with Gasteiger partial charge in [-0.2, -0.15) is 8.42 Å². The zero-order valence-electron chi connectivity index (χ0n) is 10.6. The second-order valence-corrected chi connectivity index (χ2v) is 5.48. The molecule has 10 heteroatoms. The van der Waals surface area contributed by atoms with Gasteiger partial charge in [0, 0.05) is 12.6 Å². The third-order valence-electron chi connectivity index (χ3n) is 2.79. The molecule has 0 radical (unpaired) electrons. The van der Waals surface area contributed by atoms with Gasteiger partial charge < -0.3 is 9.08 Å². The summed E-state index contributed by atoms with van der Waals surface area (Å²) >= 11 is 0. The number of pyridine rings is 1. The van der Waals surface area contributed by atoms with Crippen LogP contribution in [0, 0.1) is 0 Å². The number of alkyl halides is 2. The smallest absolute Gasteiger partial charge is 0.357 e. The number of carbonyl (C=O) groups excluding carboxylic acids is 1. The Kier molecular flexibility index (Phi) is 4.35. The maximum Gasteiger partial charge on any atom is 0.488 e. The Balaban J connectivity index is 2.17. The van der Waals surface area contributed by atoms with Crippen molar-refractivity contribution in [1.82, 2.24) is 9.88 Å². The van der Waals surface area contributed by atoms with Gasteiger partial charge >= 0.3 is 10.5 Å². The molecule has 0 N–H and O–H groups in total. The van der Waals surface area contributed by atoms with E-state index in [1.807, 2.05) is 0 Å². The van der Waals surface area contributed by atoms with Gasteiger partial charge in [0.25, 0.3) is 5.91 Å². The number of carbonyl (C=O) groups is 1. The van der Waals surface area contributed by atoms with E-state index in [0.29, 0.717) is 0 Å². The first-order valence-electron chi connectivity index (χ1n) is 5.91. The molecule has 1 aliphatic rings. The number of halogens is 3. The number of likely N-dealkylation sites (tertiary alicyclic amines) is 1. The van der Waals surface area contributed by atoms with Gasteiger partial charge in [-0.3, -0.25) is 9.78 Å². The molecule has 2 atom stereocenters. The van der Waals surface area contributed by atoms with Crippen LogP contribution < -0.4 is 4.18 Å². The van der Waals surface area contributed by atoms with Crippen molar-refractivity contribution in [2.45, 2.75) is 18.8 Å². The molecule has 1 aromatic heterocycles. The van der Waals surface area contributed by atoms with Crippen LogP contribution in [0.2, 0.25) is 0 Å². The summed E-state index contributed by atoms with van der Waals surface area (Å²) in [5.41, 5.74) is -0.155. The Bertz CT molecular complexity index is 630. The second-order valence-electron chi connectivity index (χ2n) is 4.53. The van der Waals surface area contributed by atoms with Gasteiger partial charge in [0.15, 0.2) is 5.75 Å². The summed E-state index contributed by atoms with van der Waals surface area (Å²) in [5, 5.41) is 0. The lowest BCUT2D eigenvalue weighted by Crippen LogP contribution is -2.45. The summed E-state index contributed by atoms with van der Waals surface area (Å²) in [7, 11) is -5.25. The highest BCUT2D eigenvalue weighted by Crippen LogP contribution is 2.20. The summed E-state index contributed by atoms with van der Waals surface area (Å²) in [4.78, 5) is 16.5. The highest BCUT2D eigenvalue weighted by Gasteiger charge is 2.30. The molecule has 2 heterocycles. The first-order valence-corrected chi connectivity index (χ1v) is 7.22. The fourth-order valence-electron chi connectivity index (χ4n) is 2.02. The lowest BCUT2D eigenvalue weighted by atomic mass is 10.1. The van der Waals surface area contributed by atoms with Crippen molar-refractivity contribution >= 4 is 16.4 Å². The highest BCUT2D eigenvalue weighted by atomic mass is 32.3. The molecular formula is C11H11F3N2O4S. The molecule has 0 spiro atoms. The topological polar surface area (TPSA) is 76.6 Å². The van der Waals surface area contributed by atoms with Gasteiger partial charge in [-0.05, 0) is 6.07 Å².